The van der Waals surface area contributed by atoms with Crippen LogP contribution in [0.15, 0.2) is 64.8 Å². The van der Waals surface area contributed by atoms with E-state index in [-0.39, 0.29) is 16.9 Å². The molecule has 0 atom stereocenters. The van der Waals surface area contributed by atoms with E-state index in [1.54, 1.807) is 31.4 Å². The lowest BCUT2D eigenvalue weighted by molar-refractivity contribution is 0.186. The summed E-state index contributed by atoms with van der Waals surface area (Å²) in [5, 5.41) is 13.3. The Hall–Kier alpha value is -3.09. The predicted octanol–water partition coefficient (Wildman–Crippen LogP) is 4.90. The lowest BCUT2D eigenvalue weighted by Gasteiger charge is -2.10. The summed E-state index contributed by atoms with van der Waals surface area (Å²) < 4.78 is 11.0. The van der Waals surface area contributed by atoms with Crippen molar-refractivity contribution in [2.24, 2.45) is 0 Å². The van der Waals surface area contributed by atoms with E-state index in [2.05, 4.69) is 4.98 Å². The zero-order chi connectivity index (χ0) is 18.8. The maximum Gasteiger partial charge on any atom is 0.260 e. The minimum Gasteiger partial charge on any atom is -0.506 e. The molecule has 136 valence electrons. The van der Waals surface area contributed by atoms with E-state index in [1.165, 1.54) is 11.3 Å². The highest BCUT2D eigenvalue weighted by Gasteiger charge is 2.18. The van der Waals surface area contributed by atoms with Crippen LogP contribution in [0.2, 0.25) is 0 Å². The lowest BCUT2D eigenvalue weighted by atomic mass is 10.0. The fourth-order valence-corrected chi connectivity index (χ4v) is 3.96. The van der Waals surface area contributed by atoms with Crippen LogP contribution < -0.4 is 10.3 Å². The van der Waals surface area contributed by atoms with Crippen LogP contribution in [-0.2, 0) is 11.3 Å². The van der Waals surface area contributed by atoms with Gasteiger partial charge in [-0.25, -0.2) is 0 Å². The molecule has 0 fully saturated rings. The molecule has 4 aromatic rings. The molecule has 2 heterocycles. The van der Waals surface area contributed by atoms with Crippen molar-refractivity contribution < 1.29 is 14.6 Å². The van der Waals surface area contributed by atoms with Gasteiger partial charge in [-0.1, -0.05) is 30.3 Å². The summed E-state index contributed by atoms with van der Waals surface area (Å²) in [6.45, 7) is 0.357. The molecule has 0 spiro atoms. The van der Waals surface area contributed by atoms with Crippen LogP contribution in [0.1, 0.15) is 5.56 Å². The van der Waals surface area contributed by atoms with Crippen molar-refractivity contribution in [3.05, 3.63) is 75.9 Å². The van der Waals surface area contributed by atoms with E-state index in [1.807, 2.05) is 35.7 Å². The predicted molar refractivity (Wildman–Crippen MR) is 107 cm³/mol. The van der Waals surface area contributed by atoms with E-state index in [9.17, 15) is 9.90 Å². The summed E-state index contributed by atoms with van der Waals surface area (Å²) in [6.07, 6.45) is 0. The first kappa shape index (κ1) is 17.3. The number of aromatic amines is 1. The second-order valence-electron chi connectivity index (χ2n) is 6.02. The number of fused-ring (bicyclic) bond motifs is 1. The van der Waals surface area contributed by atoms with E-state index in [0.717, 1.165) is 5.56 Å². The number of benzene rings is 2. The molecule has 0 aliphatic carbocycles. The number of pyridine rings is 1. The third-order valence-electron chi connectivity index (χ3n) is 4.20. The van der Waals surface area contributed by atoms with Crippen LogP contribution in [-0.4, -0.2) is 17.2 Å². The van der Waals surface area contributed by atoms with Gasteiger partial charge in [0, 0.05) is 12.7 Å². The molecule has 4 rings (SSSR count). The first-order chi connectivity index (χ1) is 13.2. The molecule has 0 saturated heterocycles. The number of methoxy groups -OCH3 is 1. The normalized spacial score (nSPS) is 11.0. The SMILES string of the molecule is COCc1csc2[nH]c(=O)c(-c3cccc(Oc4ccccc4)c3)c(O)c12. The molecule has 2 aromatic heterocycles. The van der Waals surface area contributed by atoms with E-state index >= 15 is 0 Å². The molecule has 6 heteroatoms. The Balaban J connectivity index is 1.81. The van der Waals surface area contributed by atoms with Crippen LogP contribution in [0.3, 0.4) is 0 Å². The van der Waals surface area contributed by atoms with Crippen LogP contribution in [0.4, 0.5) is 0 Å². The van der Waals surface area contributed by atoms with Gasteiger partial charge in [0.1, 0.15) is 22.1 Å². The van der Waals surface area contributed by atoms with Crippen molar-refractivity contribution in [1.82, 2.24) is 4.98 Å². The smallest absolute Gasteiger partial charge is 0.260 e. The number of aromatic hydroxyl groups is 1. The van der Waals surface area contributed by atoms with Gasteiger partial charge in [-0.15, -0.1) is 11.3 Å². The number of hydrogen-bond acceptors (Lipinski definition) is 5. The number of nitrogens with one attached hydrogen (secondary N) is 1. The monoisotopic (exact) mass is 379 g/mol. The van der Waals surface area contributed by atoms with Gasteiger partial charge in [0.25, 0.3) is 5.56 Å². The summed E-state index contributed by atoms with van der Waals surface area (Å²) in [7, 11) is 1.59. The Labute approximate surface area is 159 Å². The van der Waals surface area contributed by atoms with E-state index in [0.29, 0.717) is 33.9 Å². The minimum atomic E-state index is -0.345. The van der Waals surface area contributed by atoms with Crippen LogP contribution >= 0.6 is 11.3 Å². The Morgan fingerprint density at radius 3 is 2.63 bits per heavy atom. The second-order valence-corrected chi connectivity index (χ2v) is 6.90. The standard InChI is InChI=1S/C21H17NO4S/c1-25-11-14-12-27-21-18(14)19(23)17(20(24)22-21)13-6-5-9-16(10-13)26-15-7-3-2-4-8-15/h2-10,12H,11H2,1H3,(H2,22,23,24). The fourth-order valence-electron chi connectivity index (χ4n) is 3.01. The van der Waals surface area contributed by atoms with Crippen molar-refractivity contribution >= 4 is 21.6 Å². The molecule has 0 saturated carbocycles. The van der Waals surface area contributed by atoms with Crippen molar-refractivity contribution in [2.45, 2.75) is 6.61 Å². The molecule has 0 unspecified atom stereocenters. The van der Waals surface area contributed by atoms with Gasteiger partial charge in [-0.05, 0) is 35.2 Å². The first-order valence-electron chi connectivity index (χ1n) is 8.35. The minimum absolute atomic E-state index is 0.0427. The molecule has 5 nitrogen and oxygen atoms in total. The zero-order valence-electron chi connectivity index (χ0n) is 14.6. The topological polar surface area (TPSA) is 71.6 Å². The first-order valence-corrected chi connectivity index (χ1v) is 9.23. The maximum atomic E-state index is 12.6. The number of hydrogen-bond donors (Lipinski definition) is 2. The quantitative estimate of drug-likeness (QED) is 0.517. The summed E-state index contributed by atoms with van der Waals surface area (Å²) in [6, 6.07) is 16.5. The van der Waals surface area contributed by atoms with Crippen molar-refractivity contribution in [3.8, 4) is 28.4 Å². The van der Waals surface area contributed by atoms with Gasteiger partial charge in [0.05, 0.1) is 17.6 Å². The number of thiophene rings is 1. The molecule has 2 N–H and O–H groups in total. The van der Waals surface area contributed by atoms with Gasteiger partial charge >= 0.3 is 0 Å². The average Bonchev–Trinajstić information content (AvgIpc) is 3.06. The molecule has 27 heavy (non-hydrogen) atoms. The van der Waals surface area contributed by atoms with Crippen LogP contribution in [0, 0.1) is 0 Å². The molecule has 0 radical (unpaired) electrons. The van der Waals surface area contributed by atoms with Gasteiger partial charge in [-0.2, -0.15) is 0 Å². The Morgan fingerprint density at radius 2 is 1.85 bits per heavy atom. The lowest BCUT2D eigenvalue weighted by Crippen LogP contribution is -2.09. The van der Waals surface area contributed by atoms with Gasteiger partial charge in [0.15, 0.2) is 0 Å². The van der Waals surface area contributed by atoms with Crippen LogP contribution in [0.25, 0.3) is 21.3 Å². The highest BCUT2D eigenvalue weighted by molar-refractivity contribution is 7.17. The number of para-hydroxylation sites is 1. The molecule has 0 amide bonds. The highest BCUT2D eigenvalue weighted by atomic mass is 32.1. The van der Waals surface area contributed by atoms with Crippen molar-refractivity contribution in [1.29, 1.82) is 0 Å². The molecule has 0 bridgehead atoms. The Kier molecular flexibility index (Phi) is 4.66. The third-order valence-corrected chi connectivity index (χ3v) is 5.14. The molecule has 0 aliphatic heterocycles. The number of rotatable bonds is 5. The number of H-pyrrole nitrogens is 1. The summed E-state index contributed by atoms with van der Waals surface area (Å²) in [4.78, 5) is 16.1. The van der Waals surface area contributed by atoms with E-state index < -0.39 is 0 Å². The average molecular weight is 379 g/mol. The molecule has 2 aromatic carbocycles. The second kappa shape index (κ2) is 7.26. The Morgan fingerprint density at radius 1 is 1.07 bits per heavy atom. The molecular weight excluding hydrogens is 362 g/mol. The summed E-state index contributed by atoms with van der Waals surface area (Å²) in [5.74, 6) is 1.24. The van der Waals surface area contributed by atoms with Gasteiger partial charge < -0.3 is 19.6 Å². The number of aromatic nitrogens is 1. The zero-order valence-corrected chi connectivity index (χ0v) is 15.4. The van der Waals surface area contributed by atoms with Crippen molar-refractivity contribution in [2.75, 3.05) is 7.11 Å². The maximum absolute atomic E-state index is 12.6. The van der Waals surface area contributed by atoms with Gasteiger partial charge in [-0.3, -0.25) is 4.79 Å². The summed E-state index contributed by atoms with van der Waals surface area (Å²) in [5.41, 5.74) is 1.29. The molecular formula is C21H17NO4S. The van der Waals surface area contributed by atoms with Crippen LogP contribution in [0.5, 0.6) is 17.2 Å². The summed E-state index contributed by atoms with van der Waals surface area (Å²) >= 11 is 1.37. The Bertz CT molecular complexity index is 1150. The largest absolute Gasteiger partial charge is 0.506 e. The van der Waals surface area contributed by atoms with Crippen molar-refractivity contribution in [3.63, 3.8) is 0 Å². The van der Waals surface area contributed by atoms with E-state index in [4.69, 9.17) is 9.47 Å². The number of ether oxygens (including phenoxy) is 2. The fraction of sp³-hybridized carbons (Fsp3) is 0.0952. The highest BCUT2D eigenvalue weighted by Crippen LogP contribution is 2.38. The molecule has 0 aliphatic rings. The van der Waals surface area contributed by atoms with Gasteiger partial charge in [0.2, 0.25) is 0 Å². The third kappa shape index (κ3) is 3.32.